The van der Waals surface area contributed by atoms with E-state index >= 15 is 0 Å². The van der Waals surface area contributed by atoms with Crippen molar-refractivity contribution >= 4 is 49.3 Å². The highest BCUT2D eigenvalue weighted by molar-refractivity contribution is 7.93. The van der Waals surface area contributed by atoms with Crippen LogP contribution in [-0.4, -0.2) is 47.4 Å². The molecule has 29 heavy (non-hydrogen) atoms. The van der Waals surface area contributed by atoms with Crippen molar-refractivity contribution in [1.82, 2.24) is 15.0 Å². The van der Waals surface area contributed by atoms with Gasteiger partial charge in [-0.2, -0.15) is 4.98 Å². The summed E-state index contributed by atoms with van der Waals surface area (Å²) in [5.41, 5.74) is 0.367. The van der Waals surface area contributed by atoms with Crippen LogP contribution in [0.3, 0.4) is 0 Å². The maximum atomic E-state index is 12.8. The minimum atomic E-state index is -4.16. The summed E-state index contributed by atoms with van der Waals surface area (Å²) in [6.45, 7) is 0. The molecule has 0 saturated carbocycles. The number of aromatic amines is 1. The maximum Gasteiger partial charge on any atom is 0.266 e. The molecule has 0 radical (unpaired) electrons. The van der Waals surface area contributed by atoms with Gasteiger partial charge in [-0.25, -0.2) is 26.9 Å². The molecule has 13 heteroatoms. The first-order valence-corrected chi connectivity index (χ1v) is 11.4. The molecule has 0 aliphatic carbocycles. The number of anilines is 1. The van der Waals surface area contributed by atoms with E-state index in [9.17, 15) is 21.4 Å². The molecule has 0 aliphatic rings. The fraction of sp³-hybridized carbons (Fsp3) is 0.250. The van der Waals surface area contributed by atoms with E-state index in [1.54, 1.807) is 0 Å². The number of alkyl halides is 2. The van der Waals surface area contributed by atoms with E-state index in [1.165, 1.54) is 31.7 Å². The predicted octanol–water partition coefficient (Wildman–Crippen LogP) is 2.97. The van der Waals surface area contributed by atoms with Crippen molar-refractivity contribution in [2.75, 3.05) is 18.1 Å². The van der Waals surface area contributed by atoms with E-state index in [0.717, 1.165) is 6.20 Å². The first-order valence-electron chi connectivity index (χ1n) is 7.98. The SMILES string of the molecule is COc1nc(NS(=O)(=O)c2c[nH]c3c(S(C)=O)c(Cl)ccc23)ncc1CC(F)F. The minimum Gasteiger partial charge on any atom is -0.481 e. The molecule has 2 aromatic heterocycles. The van der Waals surface area contributed by atoms with Crippen LogP contribution in [0.15, 0.2) is 34.3 Å². The number of benzene rings is 1. The zero-order valence-corrected chi connectivity index (χ0v) is 17.5. The van der Waals surface area contributed by atoms with Gasteiger partial charge in [-0.05, 0) is 12.1 Å². The number of aromatic nitrogens is 3. The van der Waals surface area contributed by atoms with Crippen LogP contribution < -0.4 is 9.46 Å². The minimum absolute atomic E-state index is 0.0438. The Balaban J connectivity index is 2.01. The number of ether oxygens (including phenoxy) is 1. The predicted molar refractivity (Wildman–Crippen MR) is 105 cm³/mol. The highest BCUT2D eigenvalue weighted by Crippen LogP contribution is 2.32. The molecule has 8 nitrogen and oxygen atoms in total. The lowest BCUT2D eigenvalue weighted by atomic mass is 10.2. The average Bonchev–Trinajstić information content (AvgIpc) is 3.06. The third-order valence-electron chi connectivity index (χ3n) is 3.92. The van der Waals surface area contributed by atoms with Crippen molar-refractivity contribution in [1.29, 1.82) is 0 Å². The van der Waals surface area contributed by atoms with Crippen LogP contribution in [0.25, 0.3) is 10.9 Å². The van der Waals surface area contributed by atoms with Crippen molar-refractivity contribution < 1.29 is 26.1 Å². The van der Waals surface area contributed by atoms with Crippen molar-refractivity contribution in [3.8, 4) is 5.88 Å². The van der Waals surface area contributed by atoms with Crippen LogP contribution in [0, 0.1) is 0 Å². The Hall–Kier alpha value is -2.31. The summed E-state index contributed by atoms with van der Waals surface area (Å²) in [5, 5.41) is 0.508. The van der Waals surface area contributed by atoms with Gasteiger partial charge in [0.25, 0.3) is 10.0 Å². The Morgan fingerprint density at radius 1 is 1.38 bits per heavy atom. The van der Waals surface area contributed by atoms with Gasteiger partial charge in [-0.15, -0.1) is 0 Å². The third-order valence-corrected chi connectivity index (χ3v) is 6.71. The second kappa shape index (κ2) is 8.20. The van der Waals surface area contributed by atoms with E-state index in [1.807, 2.05) is 0 Å². The Morgan fingerprint density at radius 3 is 2.72 bits per heavy atom. The molecule has 0 aliphatic heterocycles. The largest absolute Gasteiger partial charge is 0.481 e. The lowest BCUT2D eigenvalue weighted by molar-refractivity contribution is 0.147. The molecule has 156 valence electrons. The van der Waals surface area contributed by atoms with Gasteiger partial charge in [-0.1, -0.05) is 11.6 Å². The summed E-state index contributed by atoms with van der Waals surface area (Å²) in [5.74, 6) is -0.505. The number of nitrogens with one attached hydrogen (secondary N) is 2. The number of nitrogens with zero attached hydrogens (tertiary/aromatic N) is 2. The van der Waals surface area contributed by atoms with Crippen molar-refractivity contribution in [3.05, 3.63) is 35.1 Å². The number of hydrogen-bond donors (Lipinski definition) is 2. The van der Waals surface area contributed by atoms with Gasteiger partial charge in [0, 0.05) is 36.0 Å². The standard InChI is InChI=1S/C16H15ClF2N4O4S2/c1-27-15-8(5-12(18)19)6-21-16(22-15)23-29(25,26)11-7-20-13-9(11)3-4-10(17)14(13)28(2)24/h3-4,6-7,12,20H,5H2,1-2H3,(H,21,22,23). The Kier molecular flexibility index (Phi) is 6.05. The number of hydrogen-bond acceptors (Lipinski definition) is 6. The number of H-pyrrole nitrogens is 1. The summed E-state index contributed by atoms with van der Waals surface area (Å²) in [7, 11) is -4.40. The first kappa shape index (κ1) is 21.4. The van der Waals surface area contributed by atoms with Gasteiger partial charge < -0.3 is 9.72 Å². The van der Waals surface area contributed by atoms with Gasteiger partial charge in [0.05, 0.1) is 33.3 Å². The molecule has 0 amide bonds. The quantitative estimate of drug-likeness (QED) is 0.555. The number of sulfonamides is 1. The normalized spacial score (nSPS) is 13.0. The highest BCUT2D eigenvalue weighted by atomic mass is 35.5. The highest BCUT2D eigenvalue weighted by Gasteiger charge is 2.24. The molecule has 3 rings (SSSR count). The average molecular weight is 465 g/mol. The summed E-state index contributed by atoms with van der Waals surface area (Å²) < 4.78 is 69.9. The summed E-state index contributed by atoms with van der Waals surface area (Å²) in [6, 6.07) is 2.93. The summed E-state index contributed by atoms with van der Waals surface area (Å²) in [6.07, 6.45) is 0.461. The molecule has 0 fully saturated rings. The van der Waals surface area contributed by atoms with Crippen LogP contribution in [0.4, 0.5) is 14.7 Å². The summed E-state index contributed by atoms with van der Waals surface area (Å²) >= 11 is 6.07. The van der Waals surface area contributed by atoms with E-state index in [0.29, 0.717) is 5.52 Å². The van der Waals surface area contributed by atoms with E-state index in [-0.39, 0.29) is 37.6 Å². The van der Waals surface area contributed by atoms with Crippen molar-refractivity contribution in [2.24, 2.45) is 0 Å². The zero-order valence-electron chi connectivity index (χ0n) is 15.1. The second-order valence-electron chi connectivity index (χ2n) is 5.83. The second-order valence-corrected chi connectivity index (χ2v) is 9.21. The molecule has 2 N–H and O–H groups in total. The van der Waals surface area contributed by atoms with Gasteiger partial charge in [-0.3, -0.25) is 4.21 Å². The van der Waals surface area contributed by atoms with Gasteiger partial charge in [0.15, 0.2) is 0 Å². The van der Waals surface area contributed by atoms with Gasteiger partial charge >= 0.3 is 0 Å². The Morgan fingerprint density at radius 2 is 2.10 bits per heavy atom. The number of fused-ring (bicyclic) bond motifs is 1. The Bertz CT molecular complexity index is 1200. The van der Waals surface area contributed by atoms with Gasteiger partial charge in [0.2, 0.25) is 18.3 Å². The number of rotatable bonds is 7. The molecular weight excluding hydrogens is 450 g/mol. The number of methoxy groups -OCH3 is 1. The van der Waals surface area contributed by atoms with E-state index in [4.69, 9.17) is 16.3 Å². The molecule has 1 unspecified atom stereocenters. The molecule has 1 atom stereocenters. The summed E-state index contributed by atoms with van der Waals surface area (Å²) in [4.78, 5) is 10.5. The molecule has 3 aromatic rings. The van der Waals surface area contributed by atoms with E-state index in [2.05, 4.69) is 19.7 Å². The lowest BCUT2D eigenvalue weighted by Crippen LogP contribution is -2.15. The topological polar surface area (TPSA) is 114 Å². The smallest absolute Gasteiger partial charge is 0.266 e. The molecular formula is C16H15ClF2N4O4S2. The molecule has 2 heterocycles. The molecule has 0 spiro atoms. The van der Waals surface area contributed by atoms with Gasteiger partial charge in [0.1, 0.15) is 4.90 Å². The monoisotopic (exact) mass is 464 g/mol. The van der Waals surface area contributed by atoms with Crippen LogP contribution in [0.5, 0.6) is 5.88 Å². The van der Waals surface area contributed by atoms with Crippen LogP contribution in [-0.2, 0) is 27.2 Å². The first-order chi connectivity index (χ1) is 13.6. The van der Waals surface area contributed by atoms with Crippen LogP contribution in [0.2, 0.25) is 5.02 Å². The fourth-order valence-corrected chi connectivity index (χ4v) is 5.13. The van der Waals surface area contributed by atoms with Crippen molar-refractivity contribution in [3.63, 3.8) is 0 Å². The zero-order chi connectivity index (χ0) is 21.3. The van der Waals surface area contributed by atoms with Crippen LogP contribution >= 0.6 is 11.6 Å². The third kappa shape index (κ3) is 4.33. The maximum absolute atomic E-state index is 12.8. The van der Waals surface area contributed by atoms with Crippen LogP contribution in [0.1, 0.15) is 5.56 Å². The van der Waals surface area contributed by atoms with E-state index < -0.39 is 33.7 Å². The fourth-order valence-electron chi connectivity index (χ4n) is 2.72. The molecule has 0 bridgehead atoms. The Labute approximate surface area is 172 Å². The molecule has 1 aromatic carbocycles. The number of halogens is 3. The molecule has 0 saturated heterocycles. The van der Waals surface area contributed by atoms with Crippen molar-refractivity contribution in [2.45, 2.75) is 22.6 Å². The lowest BCUT2D eigenvalue weighted by Gasteiger charge is -2.10.